The van der Waals surface area contributed by atoms with Crippen LogP contribution in [0.1, 0.15) is 21.5 Å². The van der Waals surface area contributed by atoms with Gasteiger partial charge in [-0.05, 0) is 86.7 Å². The van der Waals surface area contributed by atoms with Crippen LogP contribution in [0.4, 0.5) is 0 Å². The smallest absolute Gasteiger partial charge is 0.185 e. The van der Waals surface area contributed by atoms with Gasteiger partial charge in [0.05, 0.1) is 7.14 Å². The van der Waals surface area contributed by atoms with E-state index in [4.69, 9.17) is 4.74 Å². The number of benzene rings is 3. The fourth-order valence-corrected chi connectivity index (χ4v) is 4.81. The van der Waals surface area contributed by atoms with Crippen molar-refractivity contribution < 1.29 is 9.53 Å². The van der Waals surface area contributed by atoms with Crippen molar-refractivity contribution in [1.82, 2.24) is 0 Å². The summed E-state index contributed by atoms with van der Waals surface area (Å²) in [5, 5.41) is 0. The van der Waals surface area contributed by atoms with Gasteiger partial charge in [-0.3, -0.25) is 4.79 Å². The molecule has 0 heterocycles. The largest absolute Gasteiger partial charge is 0.487 e. The van der Waals surface area contributed by atoms with Crippen molar-refractivity contribution in [2.75, 3.05) is 0 Å². The van der Waals surface area contributed by atoms with Crippen molar-refractivity contribution in [1.29, 1.82) is 0 Å². The summed E-state index contributed by atoms with van der Waals surface area (Å²) in [6.07, 6.45) is 3.46. The molecule has 0 unspecified atom stereocenters. The summed E-state index contributed by atoms with van der Waals surface area (Å²) in [6, 6.07) is 21.4. The highest BCUT2D eigenvalue weighted by atomic mass is 127. The summed E-state index contributed by atoms with van der Waals surface area (Å²) >= 11 is 7.98. The Morgan fingerprint density at radius 2 is 1.59 bits per heavy atom. The van der Waals surface area contributed by atoms with Crippen LogP contribution < -0.4 is 4.74 Å². The summed E-state index contributed by atoms with van der Waals surface area (Å²) in [4.78, 5) is 12.2. The first-order valence-corrected chi connectivity index (χ1v) is 11.1. The fourth-order valence-electron chi connectivity index (χ4n) is 2.42. The van der Waals surface area contributed by atoms with Crippen LogP contribution in [0.3, 0.4) is 0 Å². The van der Waals surface area contributed by atoms with Crippen LogP contribution in [-0.2, 0) is 6.61 Å². The molecule has 0 radical (unpaired) electrons. The second-order valence-electron chi connectivity index (χ2n) is 5.79. The van der Waals surface area contributed by atoms with Gasteiger partial charge in [-0.15, -0.1) is 0 Å². The molecule has 0 atom stereocenters. The van der Waals surface area contributed by atoms with Gasteiger partial charge in [0.25, 0.3) is 0 Å². The quantitative estimate of drug-likeness (QED) is 0.162. The summed E-state index contributed by atoms with van der Waals surface area (Å²) in [7, 11) is 0. The van der Waals surface area contributed by atoms with Crippen molar-refractivity contribution in [3.05, 3.63) is 101 Å². The van der Waals surface area contributed by atoms with Crippen LogP contribution in [0, 0.1) is 7.14 Å². The minimum absolute atomic E-state index is 0.00354. The zero-order chi connectivity index (χ0) is 19.2. The number of rotatable bonds is 6. The molecule has 0 aliphatic carbocycles. The SMILES string of the molecule is O=C(/C=C/c1cc(I)c(OCc2ccc(Br)cc2)c(I)c1)c1ccccc1. The molecule has 0 fully saturated rings. The number of hydrogen-bond acceptors (Lipinski definition) is 2. The molecule has 0 amide bonds. The second-order valence-corrected chi connectivity index (χ2v) is 9.03. The molecule has 0 aromatic heterocycles. The number of carbonyl (C=O) groups is 1. The van der Waals surface area contributed by atoms with Gasteiger partial charge < -0.3 is 4.74 Å². The number of ether oxygens (including phenoxy) is 1. The first kappa shape index (κ1) is 20.5. The number of ketones is 1. The van der Waals surface area contributed by atoms with Gasteiger partial charge in [0, 0.05) is 10.0 Å². The van der Waals surface area contributed by atoms with Gasteiger partial charge in [0.1, 0.15) is 12.4 Å². The maximum Gasteiger partial charge on any atom is 0.185 e. The molecule has 0 saturated heterocycles. The lowest BCUT2D eigenvalue weighted by atomic mass is 10.1. The molecule has 0 saturated carbocycles. The molecule has 27 heavy (non-hydrogen) atoms. The Morgan fingerprint density at radius 1 is 0.963 bits per heavy atom. The summed E-state index contributed by atoms with van der Waals surface area (Å²) in [5.74, 6) is 0.863. The fraction of sp³-hybridized carbons (Fsp3) is 0.0455. The summed E-state index contributed by atoms with van der Waals surface area (Å²) < 4.78 is 9.11. The molecule has 3 aromatic rings. The van der Waals surface area contributed by atoms with Crippen LogP contribution in [0.2, 0.25) is 0 Å². The molecule has 5 heteroatoms. The third-order valence-electron chi connectivity index (χ3n) is 3.80. The van der Waals surface area contributed by atoms with Crippen LogP contribution in [0.5, 0.6) is 5.75 Å². The predicted octanol–water partition coefficient (Wildman–Crippen LogP) is 7.13. The number of halogens is 3. The monoisotopic (exact) mass is 644 g/mol. The molecular formula is C22H15BrI2O2. The van der Waals surface area contributed by atoms with E-state index in [1.165, 1.54) is 0 Å². The van der Waals surface area contributed by atoms with E-state index in [0.29, 0.717) is 12.2 Å². The van der Waals surface area contributed by atoms with Gasteiger partial charge in [-0.2, -0.15) is 0 Å². The highest BCUT2D eigenvalue weighted by molar-refractivity contribution is 14.1. The summed E-state index contributed by atoms with van der Waals surface area (Å²) in [5.41, 5.74) is 2.78. The minimum atomic E-state index is -0.00354. The number of hydrogen-bond donors (Lipinski definition) is 0. The Kier molecular flexibility index (Phi) is 7.49. The maximum absolute atomic E-state index is 12.2. The van der Waals surface area contributed by atoms with E-state index in [1.807, 2.05) is 72.8 Å². The Balaban J connectivity index is 1.71. The third kappa shape index (κ3) is 5.89. The number of carbonyl (C=O) groups excluding carboxylic acids is 1. The lowest BCUT2D eigenvalue weighted by Crippen LogP contribution is -1.99. The Hall–Kier alpha value is -1.19. The van der Waals surface area contributed by atoms with E-state index in [9.17, 15) is 4.79 Å². The molecule has 3 rings (SSSR count). The number of allylic oxidation sites excluding steroid dienone is 1. The lowest BCUT2D eigenvalue weighted by Gasteiger charge is -2.11. The van der Waals surface area contributed by atoms with Crippen LogP contribution in [-0.4, -0.2) is 5.78 Å². The average Bonchev–Trinajstić information content (AvgIpc) is 2.67. The summed E-state index contributed by atoms with van der Waals surface area (Å²) in [6.45, 7) is 0.515. The standard InChI is InChI=1S/C22H15BrI2O2/c23-18-9-6-15(7-10-18)14-27-22-19(24)12-16(13-20(22)25)8-11-21(26)17-4-2-1-3-5-17/h1-13H,14H2/b11-8+. The van der Waals surface area contributed by atoms with Crippen molar-refractivity contribution >= 4 is 73.0 Å². The predicted molar refractivity (Wildman–Crippen MR) is 130 cm³/mol. The van der Waals surface area contributed by atoms with E-state index in [-0.39, 0.29) is 5.78 Å². The van der Waals surface area contributed by atoms with Gasteiger partial charge in [0.2, 0.25) is 0 Å². The minimum Gasteiger partial charge on any atom is -0.487 e. The first-order chi connectivity index (χ1) is 13.0. The van der Waals surface area contributed by atoms with Gasteiger partial charge >= 0.3 is 0 Å². The normalized spacial score (nSPS) is 10.9. The van der Waals surface area contributed by atoms with E-state index in [0.717, 1.165) is 28.5 Å². The second kappa shape index (κ2) is 9.84. The first-order valence-electron chi connectivity index (χ1n) is 8.16. The van der Waals surface area contributed by atoms with Crippen LogP contribution in [0.15, 0.2) is 77.3 Å². The highest BCUT2D eigenvalue weighted by Crippen LogP contribution is 2.30. The third-order valence-corrected chi connectivity index (χ3v) is 5.93. The van der Waals surface area contributed by atoms with Gasteiger partial charge in [0.15, 0.2) is 5.78 Å². The van der Waals surface area contributed by atoms with Crippen LogP contribution in [0.25, 0.3) is 6.08 Å². The van der Waals surface area contributed by atoms with E-state index >= 15 is 0 Å². The van der Waals surface area contributed by atoms with Crippen molar-refractivity contribution in [3.8, 4) is 5.75 Å². The average molecular weight is 645 g/mol. The molecule has 0 aliphatic rings. The molecule has 3 aromatic carbocycles. The maximum atomic E-state index is 12.2. The molecule has 0 spiro atoms. The van der Waals surface area contributed by atoms with Crippen LogP contribution >= 0.6 is 61.1 Å². The molecule has 136 valence electrons. The van der Waals surface area contributed by atoms with E-state index < -0.39 is 0 Å². The topological polar surface area (TPSA) is 26.3 Å². The molecular weight excluding hydrogens is 630 g/mol. The van der Waals surface area contributed by atoms with Crippen molar-refractivity contribution in [2.45, 2.75) is 6.61 Å². The Morgan fingerprint density at radius 3 is 2.22 bits per heavy atom. The molecule has 0 aliphatic heterocycles. The van der Waals surface area contributed by atoms with E-state index in [1.54, 1.807) is 6.08 Å². The van der Waals surface area contributed by atoms with Crippen molar-refractivity contribution in [2.24, 2.45) is 0 Å². The lowest BCUT2D eigenvalue weighted by molar-refractivity contribution is 0.104. The molecule has 0 bridgehead atoms. The van der Waals surface area contributed by atoms with Crippen molar-refractivity contribution in [3.63, 3.8) is 0 Å². The molecule has 0 N–H and O–H groups in total. The van der Waals surface area contributed by atoms with E-state index in [2.05, 4.69) is 61.1 Å². The van der Waals surface area contributed by atoms with Gasteiger partial charge in [-0.25, -0.2) is 0 Å². The zero-order valence-corrected chi connectivity index (χ0v) is 20.1. The zero-order valence-electron chi connectivity index (χ0n) is 14.2. The van der Waals surface area contributed by atoms with Gasteiger partial charge in [-0.1, -0.05) is 64.5 Å². The Bertz CT molecular complexity index is 944. The molecule has 2 nitrogen and oxygen atoms in total. The highest BCUT2D eigenvalue weighted by Gasteiger charge is 2.09. The Labute approximate surface area is 194 Å².